The second-order valence-corrected chi connectivity index (χ2v) is 7.75. The Balaban J connectivity index is 1.78. The summed E-state index contributed by atoms with van der Waals surface area (Å²) in [6.45, 7) is 0.837. The van der Waals surface area contributed by atoms with Gasteiger partial charge in [0.15, 0.2) is 0 Å². The lowest BCUT2D eigenvalue weighted by atomic mass is 9.73. The average molecular weight is 373 g/mol. The highest BCUT2D eigenvalue weighted by molar-refractivity contribution is 9.10. The first kappa shape index (κ1) is 15.8. The monoisotopic (exact) mass is 371 g/mol. The molecule has 0 bridgehead atoms. The van der Waals surface area contributed by atoms with Crippen LogP contribution in [0.5, 0.6) is 0 Å². The van der Waals surface area contributed by atoms with Gasteiger partial charge in [0.1, 0.15) is 0 Å². The van der Waals surface area contributed by atoms with Gasteiger partial charge in [-0.3, -0.25) is 0 Å². The van der Waals surface area contributed by atoms with Crippen molar-refractivity contribution in [1.29, 1.82) is 0 Å². The van der Waals surface area contributed by atoms with Crippen molar-refractivity contribution in [3.05, 3.63) is 33.3 Å². The standard InChI is InChI=1S/C17H23BrClNO/c18-14-6-4-5-13(15(14)19)16(20)12-7-10-21-17(11-12)8-2-1-3-9-17/h4-6,12,16H,1-3,7-11,20H2. The van der Waals surface area contributed by atoms with Crippen LogP contribution in [-0.2, 0) is 4.74 Å². The molecule has 21 heavy (non-hydrogen) atoms. The van der Waals surface area contributed by atoms with Gasteiger partial charge in [-0.25, -0.2) is 0 Å². The molecule has 0 aromatic heterocycles. The van der Waals surface area contributed by atoms with Gasteiger partial charge in [0.05, 0.1) is 10.6 Å². The zero-order valence-electron chi connectivity index (χ0n) is 12.3. The van der Waals surface area contributed by atoms with E-state index in [4.69, 9.17) is 22.1 Å². The lowest BCUT2D eigenvalue weighted by molar-refractivity contribution is -0.120. The fourth-order valence-corrected chi connectivity index (χ4v) is 4.58. The second-order valence-electron chi connectivity index (χ2n) is 6.51. The summed E-state index contributed by atoms with van der Waals surface area (Å²) in [4.78, 5) is 0. The first-order chi connectivity index (χ1) is 10.1. The van der Waals surface area contributed by atoms with E-state index in [1.165, 1.54) is 32.1 Å². The van der Waals surface area contributed by atoms with Crippen molar-refractivity contribution in [2.24, 2.45) is 11.7 Å². The van der Waals surface area contributed by atoms with Crippen molar-refractivity contribution < 1.29 is 4.74 Å². The van der Waals surface area contributed by atoms with Gasteiger partial charge in [0, 0.05) is 17.1 Å². The Kier molecular flexibility index (Phi) is 4.94. The molecule has 1 saturated carbocycles. The van der Waals surface area contributed by atoms with Gasteiger partial charge in [-0.15, -0.1) is 0 Å². The fourth-order valence-electron chi connectivity index (χ4n) is 3.95. The smallest absolute Gasteiger partial charge is 0.0685 e. The Morgan fingerprint density at radius 1 is 1.29 bits per heavy atom. The van der Waals surface area contributed by atoms with Crippen LogP contribution >= 0.6 is 27.5 Å². The summed E-state index contributed by atoms with van der Waals surface area (Å²) in [5.41, 5.74) is 7.72. The highest BCUT2D eigenvalue weighted by Crippen LogP contribution is 2.44. The van der Waals surface area contributed by atoms with Crippen LogP contribution in [0.4, 0.5) is 0 Å². The minimum Gasteiger partial charge on any atom is -0.375 e. The van der Waals surface area contributed by atoms with Gasteiger partial charge in [-0.2, -0.15) is 0 Å². The number of benzene rings is 1. The lowest BCUT2D eigenvalue weighted by Crippen LogP contribution is -2.44. The molecule has 4 heteroatoms. The zero-order valence-corrected chi connectivity index (χ0v) is 14.6. The molecule has 2 unspecified atom stereocenters. The Hall–Kier alpha value is -0.0900. The summed E-state index contributed by atoms with van der Waals surface area (Å²) in [6.07, 6.45) is 8.44. The maximum Gasteiger partial charge on any atom is 0.0685 e. The number of rotatable bonds is 2. The number of hydrogen-bond donors (Lipinski definition) is 1. The third-order valence-corrected chi connectivity index (χ3v) is 6.46. The van der Waals surface area contributed by atoms with E-state index in [1.807, 2.05) is 12.1 Å². The topological polar surface area (TPSA) is 35.2 Å². The molecule has 116 valence electrons. The molecule has 0 radical (unpaired) electrons. The van der Waals surface area contributed by atoms with Crippen molar-refractivity contribution in [2.75, 3.05) is 6.61 Å². The zero-order chi connectivity index (χ0) is 14.9. The lowest BCUT2D eigenvalue weighted by Gasteiger charge is -2.45. The normalized spacial score (nSPS) is 26.7. The molecule has 2 aliphatic rings. The van der Waals surface area contributed by atoms with Crippen LogP contribution in [0.25, 0.3) is 0 Å². The minimum absolute atomic E-state index is 0.00213. The first-order valence-corrected chi connectivity index (χ1v) is 9.12. The molecule has 1 aromatic rings. The summed E-state index contributed by atoms with van der Waals surface area (Å²) in [7, 11) is 0. The van der Waals surface area contributed by atoms with Gasteiger partial charge >= 0.3 is 0 Å². The summed E-state index contributed by atoms with van der Waals surface area (Å²) in [5.74, 6) is 0.462. The van der Waals surface area contributed by atoms with Crippen LogP contribution in [0, 0.1) is 5.92 Å². The molecular weight excluding hydrogens is 350 g/mol. The van der Waals surface area contributed by atoms with Gasteiger partial charge in [0.25, 0.3) is 0 Å². The molecule has 2 fully saturated rings. The van der Waals surface area contributed by atoms with Crippen LogP contribution < -0.4 is 5.73 Å². The summed E-state index contributed by atoms with van der Waals surface area (Å²) >= 11 is 9.92. The molecule has 1 aliphatic carbocycles. The molecule has 1 aromatic carbocycles. The van der Waals surface area contributed by atoms with Crippen molar-refractivity contribution in [3.63, 3.8) is 0 Å². The predicted molar refractivity (Wildman–Crippen MR) is 90.6 cm³/mol. The van der Waals surface area contributed by atoms with E-state index in [1.54, 1.807) is 0 Å². The quantitative estimate of drug-likeness (QED) is 0.771. The third-order valence-electron chi connectivity index (χ3n) is 5.14. The van der Waals surface area contributed by atoms with Crippen molar-refractivity contribution in [2.45, 2.75) is 56.6 Å². The number of ether oxygens (including phenoxy) is 1. The molecule has 1 spiro atoms. The molecule has 1 aliphatic heterocycles. The largest absolute Gasteiger partial charge is 0.375 e. The number of nitrogens with two attached hydrogens (primary N) is 1. The first-order valence-electron chi connectivity index (χ1n) is 7.95. The summed E-state index contributed by atoms with van der Waals surface area (Å²) in [5, 5.41) is 0.759. The van der Waals surface area contributed by atoms with Gasteiger partial charge in [-0.1, -0.05) is 43.0 Å². The van der Waals surface area contributed by atoms with E-state index in [2.05, 4.69) is 22.0 Å². The Morgan fingerprint density at radius 3 is 2.81 bits per heavy atom. The summed E-state index contributed by atoms with van der Waals surface area (Å²) < 4.78 is 7.11. The highest BCUT2D eigenvalue weighted by Gasteiger charge is 2.40. The minimum atomic E-state index is -0.00213. The molecule has 3 rings (SSSR count). The molecule has 2 N–H and O–H groups in total. The third kappa shape index (κ3) is 3.31. The highest BCUT2D eigenvalue weighted by atomic mass is 79.9. The van der Waals surface area contributed by atoms with E-state index in [0.29, 0.717) is 5.92 Å². The molecular formula is C17H23BrClNO. The van der Waals surface area contributed by atoms with Gasteiger partial charge in [0.2, 0.25) is 0 Å². The average Bonchev–Trinajstić information content (AvgIpc) is 2.50. The SMILES string of the molecule is NC(c1cccc(Br)c1Cl)C1CCOC2(CCCCC2)C1. The van der Waals surface area contributed by atoms with E-state index in [9.17, 15) is 0 Å². The van der Waals surface area contributed by atoms with E-state index >= 15 is 0 Å². The predicted octanol–water partition coefficient (Wildman–Crippen LogP) is 5.23. The molecule has 2 nitrogen and oxygen atoms in total. The van der Waals surface area contributed by atoms with Crippen molar-refractivity contribution in [3.8, 4) is 0 Å². The van der Waals surface area contributed by atoms with Crippen molar-refractivity contribution >= 4 is 27.5 Å². The molecule has 0 amide bonds. The fraction of sp³-hybridized carbons (Fsp3) is 0.647. The van der Waals surface area contributed by atoms with Crippen LogP contribution in [0.1, 0.15) is 56.6 Å². The van der Waals surface area contributed by atoms with E-state index < -0.39 is 0 Å². The molecule has 1 saturated heterocycles. The summed E-state index contributed by atoms with van der Waals surface area (Å²) in [6, 6.07) is 6.03. The molecule has 1 heterocycles. The van der Waals surface area contributed by atoms with E-state index in [0.717, 1.165) is 34.5 Å². The maximum atomic E-state index is 6.57. The van der Waals surface area contributed by atoms with Crippen molar-refractivity contribution in [1.82, 2.24) is 0 Å². The van der Waals surface area contributed by atoms with Crippen LogP contribution in [-0.4, -0.2) is 12.2 Å². The molecule has 2 atom stereocenters. The number of hydrogen-bond acceptors (Lipinski definition) is 2. The van der Waals surface area contributed by atoms with Gasteiger partial charge in [-0.05, 0) is 59.2 Å². The Bertz CT molecular complexity index is 496. The van der Waals surface area contributed by atoms with E-state index in [-0.39, 0.29) is 11.6 Å². The van der Waals surface area contributed by atoms with Crippen LogP contribution in [0.15, 0.2) is 22.7 Å². The van der Waals surface area contributed by atoms with Crippen LogP contribution in [0.3, 0.4) is 0 Å². The number of halogens is 2. The maximum absolute atomic E-state index is 6.57. The Morgan fingerprint density at radius 2 is 2.05 bits per heavy atom. The Labute approximate surface area is 140 Å². The van der Waals surface area contributed by atoms with Gasteiger partial charge < -0.3 is 10.5 Å². The second kappa shape index (κ2) is 6.57. The van der Waals surface area contributed by atoms with Crippen LogP contribution in [0.2, 0.25) is 5.02 Å².